The monoisotopic (exact) mass is 335 g/mol. The van der Waals surface area contributed by atoms with Crippen LogP contribution in [0.25, 0.3) is 11.0 Å². The molecule has 1 atom stereocenters. The van der Waals surface area contributed by atoms with Crippen LogP contribution in [0.5, 0.6) is 0 Å². The molecule has 0 amide bonds. The molecule has 104 valence electrons. The first-order valence-corrected chi connectivity index (χ1v) is 7.24. The summed E-state index contributed by atoms with van der Waals surface area (Å²) in [5.41, 5.74) is 2.07. The van der Waals surface area contributed by atoms with Crippen molar-refractivity contribution in [1.82, 2.24) is 9.97 Å². The predicted molar refractivity (Wildman–Crippen MR) is 80.3 cm³/mol. The molecule has 0 aliphatic carbocycles. The summed E-state index contributed by atoms with van der Waals surface area (Å²) in [5, 5.41) is 0. The van der Waals surface area contributed by atoms with E-state index in [4.69, 9.17) is 4.74 Å². The molecule has 0 radical (unpaired) electrons. The maximum Gasteiger partial charge on any atom is 0.150 e. The summed E-state index contributed by atoms with van der Waals surface area (Å²) in [6.07, 6.45) is 2.76. The molecule has 5 nitrogen and oxygen atoms in total. The van der Waals surface area contributed by atoms with Gasteiger partial charge in [-0.3, -0.25) is 9.78 Å². The van der Waals surface area contributed by atoms with Crippen LogP contribution < -0.4 is 4.90 Å². The third kappa shape index (κ3) is 2.53. The van der Waals surface area contributed by atoms with E-state index in [1.165, 1.54) is 0 Å². The molecule has 0 spiro atoms. The number of carbonyl (C=O) groups is 1. The first kappa shape index (κ1) is 13.5. The molecule has 0 bridgehead atoms. The van der Waals surface area contributed by atoms with Crippen molar-refractivity contribution in [3.05, 3.63) is 28.4 Å². The molecule has 0 saturated carbocycles. The highest BCUT2D eigenvalue weighted by molar-refractivity contribution is 9.10. The van der Waals surface area contributed by atoms with E-state index >= 15 is 0 Å². The Bertz CT molecular complexity index is 662. The molecule has 2 heterocycles. The molecule has 3 rings (SSSR count). The average molecular weight is 336 g/mol. The minimum Gasteiger partial charge on any atom is -0.375 e. The normalized spacial score (nSPS) is 19.3. The number of ether oxygens (including phenoxy) is 1. The fraction of sp³-hybridized carbons (Fsp3) is 0.357. The van der Waals surface area contributed by atoms with E-state index < -0.39 is 0 Å². The number of morpholine rings is 1. The van der Waals surface area contributed by atoms with Crippen LogP contribution in [0.3, 0.4) is 0 Å². The van der Waals surface area contributed by atoms with Crippen molar-refractivity contribution < 1.29 is 9.53 Å². The van der Waals surface area contributed by atoms with Crippen LogP contribution in [-0.4, -0.2) is 42.1 Å². The van der Waals surface area contributed by atoms with Gasteiger partial charge in [0.05, 0.1) is 24.4 Å². The lowest BCUT2D eigenvalue weighted by Gasteiger charge is -2.31. The van der Waals surface area contributed by atoms with Crippen molar-refractivity contribution in [3.63, 3.8) is 0 Å². The van der Waals surface area contributed by atoms with E-state index in [0.717, 1.165) is 35.2 Å². The lowest BCUT2D eigenvalue weighted by atomic mass is 10.2. The largest absolute Gasteiger partial charge is 0.375 e. The number of hydrogen-bond acceptors (Lipinski definition) is 5. The minimum atomic E-state index is 0.196. The third-order valence-electron chi connectivity index (χ3n) is 3.31. The van der Waals surface area contributed by atoms with Crippen molar-refractivity contribution in [3.8, 4) is 0 Å². The summed E-state index contributed by atoms with van der Waals surface area (Å²) in [5.74, 6) is 0.840. The molecule has 1 saturated heterocycles. The Hall–Kier alpha value is -1.53. The smallest absolute Gasteiger partial charge is 0.150 e. The SMILES string of the molecule is C[C@@H]1CN(c2cnc3cc(C=O)cc(Br)c3n2)CCO1. The summed E-state index contributed by atoms with van der Waals surface area (Å²) in [6.45, 7) is 4.37. The highest BCUT2D eigenvalue weighted by Crippen LogP contribution is 2.25. The zero-order valence-electron chi connectivity index (χ0n) is 11.0. The number of hydrogen-bond donors (Lipinski definition) is 0. The molecule has 0 unspecified atom stereocenters. The zero-order chi connectivity index (χ0) is 14.1. The van der Waals surface area contributed by atoms with Crippen LogP contribution in [0, 0.1) is 0 Å². The van der Waals surface area contributed by atoms with Gasteiger partial charge in [-0.25, -0.2) is 4.98 Å². The molecule has 1 aromatic heterocycles. The predicted octanol–water partition coefficient (Wildman–Crippen LogP) is 2.43. The average Bonchev–Trinajstić information content (AvgIpc) is 2.46. The van der Waals surface area contributed by atoms with Crippen LogP contribution in [0.2, 0.25) is 0 Å². The Kier molecular flexibility index (Phi) is 3.67. The fourth-order valence-electron chi connectivity index (χ4n) is 2.33. The minimum absolute atomic E-state index is 0.196. The summed E-state index contributed by atoms with van der Waals surface area (Å²) in [7, 11) is 0. The van der Waals surface area contributed by atoms with Gasteiger partial charge in [0, 0.05) is 23.1 Å². The van der Waals surface area contributed by atoms with Gasteiger partial charge in [-0.2, -0.15) is 0 Å². The molecule has 20 heavy (non-hydrogen) atoms. The van der Waals surface area contributed by atoms with E-state index in [-0.39, 0.29) is 6.10 Å². The second kappa shape index (κ2) is 5.46. The van der Waals surface area contributed by atoms with Crippen molar-refractivity contribution in [2.24, 2.45) is 0 Å². The summed E-state index contributed by atoms with van der Waals surface area (Å²) in [6, 6.07) is 3.50. The zero-order valence-corrected chi connectivity index (χ0v) is 12.6. The molecule has 0 N–H and O–H groups in total. The molecule has 2 aromatic rings. The quantitative estimate of drug-likeness (QED) is 0.789. The molecular weight excluding hydrogens is 322 g/mol. The third-order valence-corrected chi connectivity index (χ3v) is 3.92. The molecule has 1 fully saturated rings. The van der Waals surface area contributed by atoms with E-state index in [0.29, 0.717) is 17.7 Å². The van der Waals surface area contributed by atoms with Gasteiger partial charge in [0.1, 0.15) is 17.6 Å². The van der Waals surface area contributed by atoms with Crippen LogP contribution >= 0.6 is 15.9 Å². The summed E-state index contributed by atoms with van der Waals surface area (Å²) < 4.78 is 6.32. The topological polar surface area (TPSA) is 55.3 Å². The number of aromatic nitrogens is 2. The van der Waals surface area contributed by atoms with Crippen LogP contribution in [0.1, 0.15) is 17.3 Å². The maximum absolute atomic E-state index is 10.9. The van der Waals surface area contributed by atoms with Crippen molar-refractivity contribution in [2.45, 2.75) is 13.0 Å². The van der Waals surface area contributed by atoms with Gasteiger partial charge in [-0.15, -0.1) is 0 Å². The number of anilines is 1. The Balaban J connectivity index is 2.02. The van der Waals surface area contributed by atoms with Gasteiger partial charge >= 0.3 is 0 Å². The van der Waals surface area contributed by atoms with E-state index in [1.54, 1.807) is 18.3 Å². The number of benzene rings is 1. The molecule has 1 aliphatic rings. The molecule has 6 heteroatoms. The van der Waals surface area contributed by atoms with Crippen LogP contribution in [0.4, 0.5) is 5.82 Å². The van der Waals surface area contributed by atoms with Crippen molar-refractivity contribution in [1.29, 1.82) is 0 Å². The number of rotatable bonds is 2. The van der Waals surface area contributed by atoms with E-state index in [1.807, 2.05) is 6.92 Å². The van der Waals surface area contributed by atoms with Gasteiger partial charge in [0.15, 0.2) is 0 Å². The lowest BCUT2D eigenvalue weighted by Crippen LogP contribution is -2.41. The first-order chi connectivity index (χ1) is 9.67. The highest BCUT2D eigenvalue weighted by Gasteiger charge is 2.19. The van der Waals surface area contributed by atoms with Crippen molar-refractivity contribution in [2.75, 3.05) is 24.6 Å². The Morgan fingerprint density at radius 3 is 3.10 bits per heavy atom. The number of aldehydes is 1. The van der Waals surface area contributed by atoms with Gasteiger partial charge in [0.25, 0.3) is 0 Å². The molecular formula is C14H14BrN3O2. The summed E-state index contributed by atoms with van der Waals surface area (Å²) >= 11 is 3.45. The Morgan fingerprint density at radius 2 is 2.35 bits per heavy atom. The molecule has 1 aromatic carbocycles. The number of carbonyl (C=O) groups excluding carboxylic acids is 1. The van der Waals surface area contributed by atoms with Gasteiger partial charge in [-0.1, -0.05) is 0 Å². The Labute approximate surface area is 125 Å². The summed E-state index contributed by atoms with van der Waals surface area (Å²) in [4.78, 5) is 22.1. The van der Waals surface area contributed by atoms with Gasteiger partial charge in [-0.05, 0) is 35.0 Å². The number of fused-ring (bicyclic) bond motifs is 1. The number of nitrogens with zero attached hydrogens (tertiary/aromatic N) is 3. The second-order valence-corrected chi connectivity index (χ2v) is 5.70. The first-order valence-electron chi connectivity index (χ1n) is 6.45. The number of halogens is 1. The van der Waals surface area contributed by atoms with Crippen LogP contribution in [-0.2, 0) is 4.74 Å². The van der Waals surface area contributed by atoms with Crippen molar-refractivity contribution >= 4 is 39.1 Å². The van der Waals surface area contributed by atoms with Crippen LogP contribution in [0.15, 0.2) is 22.8 Å². The second-order valence-electron chi connectivity index (χ2n) is 4.84. The lowest BCUT2D eigenvalue weighted by molar-refractivity contribution is 0.0529. The molecule has 1 aliphatic heterocycles. The highest BCUT2D eigenvalue weighted by atomic mass is 79.9. The van der Waals surface area contributed by atoms with E-state index in [9.17, 15) is 4.79 Å². The van der Waals surface area contributed by atoms with Gasteiger partial charge < -0.3 is 9.64 Å². The fourth-order valence-corrected chi connectivity index (χ4v) is 2.89. The Morgan fingerprint density at radius 1 is 1.50 bits per heavy atom. The van der Waals surface area contributed by atoms with Gasteiger partial charge in [0.2, 0.25) is 0 Å². The maximum atomic E-state index is 10.9. The standard InChI is InChI=1S/C14H14BrN3O2/c1-9-7-18(2-3-20-9)13-6-16-12-5-10(8-19)4-11(15)14(12)17-13/h4-6,8-9H,2-3,7H2,1H3/t9-/m1/s1. The van der Waals surface area contributed by atoms with E-state index in [2.05, 4.69) is 30.8 Å².